The summed E-state index contributed by atoms with van der Waals surface area (Å²) in [6.45, 7) is 16.6. The molecule has 24 heavy (non-hydrogen) atoms. The topological polar surface area (TPSA) is 43.1 Å². The molecule has 0 spiro atoms. The summed E-state index contributed by atoms with van der Waals surface area (Å²) in [5.41, 5.74) is 5.75. The van der Waals surface area contributed by atoms with Crippen LogP contribution in [0.2, 0.25) is 0 Å². The van der Waals surface area contributed by atoms with Gasteiger partial charge in [-0.1, -0.05) is 64.3 Å². The highest BCUT2D eigenvalue weighted by Gasteiger charge is 2.17. The van der Waals surface area contributed by atoms with Crippen molar-refractivity contribution in [3.05, 3.63) is 88.0 Å². The molecule has 124 valence electrons. The molecule has 0 saturated heterocycles. The molecule has 0 saturated carbocycles. The maximum absolute atomic E-state index is 11.0. The predicted molar refractivity (Wildman–Crippen MR) is 101 cm³/mol. The van der Waals surface area contributed by atoms with E-state index in [-0.39, 0.29) is 16.0 Å². The average Bonchev–Trinajstić information content (AvgIpc) is 2.53. The Morgan fingerprint density at radius 2 is 1.54 bits per heavy atom. The Morgan fingerprint density at radius 1 is 1.00 bits per heavy atom. The van der Waals surface area contributed by atoms with Crippen molar-refractivity contribution in [2.24, 2.45) is 5.41 Å². The molecule has 3 heteroatoms. The fourth-order valence-corrected chi connectivity index (χ4v) is 2.51. The summed E-state index contributed by atoms with van der Waals surface area (Å²) in [6, 6.07) is 12.9. The number of allylic oxidation sites excluding steroid dienone is 1. The quantitative estimate of drug-likeness (QED) is 0.510. The molecule has 0 bridgehead atoms. The van der Waals surface area contributed by atoms with Crippen molar-refractivity contribution in [2.45, 2.75) is 27.7 Å². The maximum atomic E-state index is 11.0. The lowest BCUT2D eigenvalue weighted by atomic mass is 9.83. The molecule has 0 N–H and O–H groups in total. The molecule has 0 atom stereocenters. The number of nitro groups is 1. The van der Waals surface area contributed by atoms with E-state index in [0.717, 1.165) is 33.4 Å². The van der Waals surface area contributed by atoms with Crippen molar-refractivity contribution < 1.29 is 4.92 Å². The largest absolute Gasteiger partial charge is 0.270 e. The zero-order valence-corrected chi connectivity index (χ0v) is 14.7. The van der Waals surface area contributed by atoms with Crippen LogP contribution in [0.1, 0.15) is 43.0 Å². The summed E-state index contributed by atoms with van der Waals surface area (Å²) in [7, 11) is 0. The third-order valence-electron chi connectivity index (χ3n) is 4.24. The van der Waals surface area contributed by atoms with E-state index in [9.17, 15) is 10.1 Å². The summed E-state index contributed by atoms with van der Waals surface area (Å²) in [5, 5.41) is 11.0. The van der Waals surface area contributed by atoms with Crippen LogP contribution in [0.15, 0.2) is 55.6 Å². The molecule has 0 heterocycles. The van der Waals surface area contributed by atoms with Gasteiger partial charge in [0.25, 0.3) is 5.69 Å². The van der Waals surface area contributed by atoms with Gasteiger partial charge in [-0.2, -0.15) is 0 Å². The van der Waals surface area contributed by atoms with Crippen molar-refractivity contribution >= 4 is 16.8 Å². The lowest BCUT2D eigenvalue weighted by Crippen LogP contribution is -2.07. The van der Waals surface area contributed by atoms with Crippen molar-refractivity contribution in [2.75, 3.05) is 0 Å². The minimum absolute atomic E-state index is 0.00908. The van der Waals surface area contributed by atoms with Gasteiger partial charge in [0.2, 0.25) is 0 Å². The number of hydrogen-bond acceptors (Lipinski definition) is 2. The third kappa shape index (κ3) is 3.62. The zero-order chi connectivity index (χ0) is 18.1. The summed E-state index contributed by atoms with van der Waals surface area (Å²) in [5.74, 6) is 0. The molecule has 0 unspecified atom stereocenters. The molecule has 3 nitrogen and oxygen atoms in total. The Hall–Kier alpha value is -2.68. The van der Waals surface area contributed by atoms with Crippen LogP contribution in [0.5, 0.6) is 0 Å². The van der Waals surface area contributed by atoms with Crippen LogP contribution in [-0.4, -0.2) is 4.92 Å². The zero-order valence-electron chi connectivity index (χ0n) is 14.7. The van der Waals surface area contributed by atoms with Crippen LogP contribution >= 0.6 is 0 Å². The van der Waals surface area contributed by atoms with E-state index in [1.165, 1.54) is 6.07 Å². The average molecular weight is 321 g/mol. The Balaban J connectivity index is 2.36. The highest BCUT2D eigenvalue weighted by atomic mass is 16.6. The Kier molecular flexibility index (Phi) is 4.74. The highest BCUT2D eigenvalue weighted by Crippen LogP contribution is 2.34. The smallest absolute Gasteiger partial charge is 0.258 e. The predicted octanol–water partition coefficient (Wildman–Crippen LogP) is 6.02. The van der Waals surface area contributed by atoms with Crippen LogP contribution in [0.3, 0.4) is 0 Å². The molecular weight excluding hydrogens is 298 g/mol. The SMILES string of the molecule is C=C(c1ccc(C(=C)C(C)(C)C)cc1)c1cc([N+](=O)[O-])ccc1C. The number of benzene rings is 2. The van der Waals surface area contributed by atoms with E-state index < -0.39 is 0 Å². The Labute approximate surface area is 143 Å². The van der Waals surface area contributed by atoms with Gasteiger partial charge >= 0.3 is 0 Å². The van der Waals surface area contributed by atoms with E-state index in [1.807, 2.05) is 31.2 Å². The van der Waals surface area contributed by atoms with Crippen LogP contribution in [0, 0.1) is 22.5 Å². The van der Waals surface area contributed by atoms with Gasteiger partial charge in [0.1, 0.15) is 0 Å². The van der Waals surface area contributed by atoms with Gasteiger partial charge in [0.15, 0.2) is 0 Å². The molecule has 0 aliphatic rings. The summed E-state index contributed by atoms with van der Waals surface area (Å²) in [6.07, 6.45) is 0. The molecule has 0 aliphatic carbocycles. The van der Waals surface area contributed by atoms with E-state index in [0.29, 0.717) is 0 Å². The van der Waals surface area contributed by atoms with Gasteiger partial charge in [-0.15, -0.1) is 0 Å². The van der Waals surface area contributed by atoms with Gasteiger partial charge in [0, 0.05) is 12.1 Å². The number of aryl methyl sites for hydroxylation is 1. The van der Waals surface area contributed by atoms with Crippen LogP contribution in [0.25, 0.3) is 11.1 Å². The van der Waals surface area contributed by atoms with E-state index in [4.69, 9.17) is 0 Å². The van der Waals surface area contributed by atoms with E-state index >= 15 is 0 Å². The number of hydrogen-bond donors (Lipinski definition) is 0. The number of nitrogens with zero attached hydrogens (tertiary/aromatic N) is 1. The van der Waals surface area contributed by atoms with Gasteiger partial charge in [-0.05, 0) is 45.7 Å². The summed E-state index contributed by atoms with van der Waals surface area (Å²) >= 11 is 0. The summed E-state index contributed by atoms with van der Waals surface area (Å²) < 4.78 is 0. The Bertz CT molecular complexity index is 809. The fraction of sp³-hybridized carbons (Fsp3) is 0.238. The third-order valence-corrected chi connectivity index (χ3v) is 4.24. The van der Waals surface area contributed by atoms with Gasteiger partial charge in [0.05, 0.1) is 4.92 Å². The number of non-ortho nitro benzene ring substituents is 1. The van der Waals surface area contributed by atoms with Crippen molar-refractivity contribution in [3.8, 4) is 0 Å². The van der Waals surface area contributed by atoms with Gasteiger partial charge in [-0.3, -0.25) is 10.1 Å². The second-order valence-electron chi connectivity index (χ2n) is 7.04. The molecule has 0 aromatic heterocycles. The molecule has 2 aromatic carbocycles. The van der Waals surface area contributed by atoms with Crippen molar-refractivity contribution in [1.82, 2.24) is 0 Å². The second-order valence-corrected chi connectivity index (χ2v) is 7.04. The lowest BCUT2D eigenvalue weighted by molar-refractivity contribution is -0.384. The first-order chi connectivity index (χ1) is 11.1. The molecule has 0 fully saturated rings. The molecular formula is C21H23NO2. The second kappa shape index (κ2) is 6.44. The molecule has 0 aliphatic heterocycles. The first kappa shape index (κ1) is 17.7. The minimum Gasteiger partial charge on any atom is -0.258 e. The first-order valence-corrected chi connectivity index (χ1v) is 7.86. The molecule has 2 aromatic rings. The summed E-state index contributed by atoms with van der Waals surface area (Å²) in [4.78, 5) is 10.6. The van der Waals surface area contributed by atoms with Crippen molar-refractivity contribution in [3.63, 3.8) is 0 Å². The fourth-order valence-electron chi connectivity index (χ4n) is 2.51. The van der Waals surface area contributed by atoms with Crippen LogP contribution < -0.4 is 0 Å². The van der Waals surface area contributed by atoms with Gasteiger partial charge < -0.3 is 0 Å². The normalized spacial score (nSPS) is 11.2. The van der Waals surface area contributed by atoms with Crippen LogP contribution in [-0.2, 0) is 0 Å². The monoisotopic (exact) mass is 321 g/mol. The standard InChI is InChI=1S/C21H23NO2/c1-14-7-12-19(22(23)24)13-20(14)15(2)17-8-10-18(11-9-17)16(3)21(4,5)6/h7-13H,2-3H2,1,4-6H3. The van der Waals surface area contributed by atoms with Gasteiger partial charge in [-0.25, -0.2) is 0 Å². The van der Waals surface area contributed by atoms with E-state index in [1.54, 1.807) is 12.1 Å². The highest BCUT2D eigenvalue weighted by molar-refractivity contribution is 5.81. The maximum Gasteiger partial charge on any atom is 0.270 e. The molecule has 0 radical (unpaired) electrons. The number of nitro benzene ring substituents is 1. The first-order valence-electron chi connectivity index (χ1n) is 7.86. The lowest BCUT2D eigenvalue weighted by Gasteiger charge is -2.22. The molecule has 2 rings (SSSR count). The van der Waals surface area contributed by atoms with E-state index in [2.05, 4.69) is 33.9 Å². The van der Waals surface area contributed by atoms with Crippen LogP contribution in [0.4, 0.5) is 5.69 Å². The molecule has 0 amide bonds. The Morgan fingerprint density at radius 3 is 2.04 bits per heavy atom. The minimum atomic E-state index is -0.382. The number of rotatable bonds is 4. The van der Waals surface area contributed by atoms with Crippen molar-refractivity contribution in [1.29, 1.82) is 0 Å².